The van der Waals surface area contributed by atoms with E-state index in [2.05, 4.69) is 51.5 Å². The molecule has 5 rings (SSSR count). The van der Waals surface area contributed by atoms with E-state index in [1.807, 2.05) is 24.3 Å². The molecule has 27 heteroatoms. The van der Waals surface area contributed by atoms with Gasteiger partial charge in [-0.2, -0.15) is 0 Å². The zero-order valence-corrected chi connectivity index (χ0v) is 43.6. The first-order chi connectivity index (χ1) is 35.8. The van der Waals surface area contributed by atoms with Crippen molar-refractivity contribution in [2.75, 3.05) is 38.7 Å². The van der Waals surface area contributed by atoms with Crippen LogP contribution in [-0.2, 0) is 57.6 Å². The first kappa shape index (κ1) is 58.1. The highest BCUT2D eigenvalue weighted by molar-refractivity contribution is 8.76. The summed E-state index contributed by atoms with van der Waals surface area (Å²) in [4.78, 5) is 134. The van der Waals surface area contributed by atoms with Gasteiger partial charge in [0.05, 0.1) is 6.33 Å². The minimum atomic E-state index is -1.35. The predicted molar refractivity (Wildman–Crippen MR) is 287 cm³/mol. The van der Waals surface area contributed by atoms with Gasteiger partial charge in [0.2, 0.25) is 47.3 Å². The molecule has 1 saturated heterocycles. The van der Waals surface area contributed by atoms with E-state index in [-0.39, 0.29) is 81.5 Å². The second kappa shape index (κ2) is 28.6. The molecule has 2 aromatic heterocycles. The van der Waals surface area contributed by atoms with Crippen LogP contribution in [0.1, 0.15) is 49.4 Å². The van der Waals surface area contributed by atoms with E-state index in [1.54, 1.807) is 36.5 Å². The Hall–Kier alpha value is -7.81. The Kier molecular flexibility index (Phi) is 22.1. The Morgan fingerprint density at radius 3 is 1.95 bits per heavy atom. The van der Waals surface area contributed by atoms with Crippen molar-refractivity contribution in [1.82, 2.24) is 51.3 Å². The fourth-order valence-electron chi connectivity index (χ4n) is 8.27. The van der Waals surface area contributed by atoms with Crippen molar-refractivity contribution in [2.24, 2.45) is 38.7 Å². The zero-order valence-electron chi connectivity index (χ0n) is 42.0. The van der Waals surface area contributed by atoms with Crippen molar-refractivity contribution >= 4 is 91.7 Å². The van der Waals surface area contributed by atoms with Crippen LogP contribution in [0, 0.1) is 0 Å². The third-order valence-electron chi connectivity index (χ3n) is 12.2. The van der Waals surface area contributed by atoms with Gasteiger partial charge in [-0.05, 0) is 42.9 Å². The van der Waals surface area contributed by atoms with Gasteiger partial charge in [-0.15, -0.1) is 0 Å². The minimum absolute atomic E-state index is 0.0288. The lowest BCUT2D eigenvalue weighted by Gasteiger charge is -2.36. The normalized spacial score (nSPS) is 22.0. The highest BCUT2D eigenvalue weighted by Crippen LogP contribution is 2.25. The quantitative estimate of drug-likeness (QED) is 0.0250. The number of guanidine groups is 2. The van der Waals surface area contributed by atoms with E-state index in [0.717, 1.165) is 32.5 Å². The lowest BCUT2D eigenvalue weighted by Crippen LogP contribution is -2.61. The van der Waals surface area contributed by atoms with Gasteiger partial charge in [-0.25, -0.2) is 4.98 Å². The lowest BCUT2D eigenvalue weighted by atomic mass is 9.99. The molecule has 4 aromatic rings. The topological polar surface area (TPSA) is 402 Å². The second-order valence-corrected chi connectivity index (χ2v) is 20.4. The monoisotopic (exact) mass is 1070 g/mol. The average molecular weight is 1070 g/mol. The maximum Gasteiger partial charge on any atom is 0.245 e. The van der Waals surface area contributed by atoms with E-state index >= 15 is 9.59 Å². The number of nitrogens with two attached hydrogens (primary N) is 5. The van der Waals surface area contributed by atoms with E-state index in [9.17, 15) is 28.8 Å². The number of hydrogen-bond donors (Lipinski definition) is 12. The van der Waals surface area contributed by atoms with Crippen LogP contribution < -0.4 is 55.3 Å². The number of aromatic amines is 2. The molecule has 8 amide bonds. The number of rotatable bonds is 16. The molecular formula is C48H67N17O8S2. The number of primary amides is 1. The van der Waals surface area contributed by atoms with Crippen LogP contribution in [0.25, 0.3) is 10.9 Å². The molecule has 1 fully saturated rings. The smallest absolute Gasteiger partial charge is 0.245 e. The number of benzene rings is 2. The molecule has 404 valence electrons. The number of H-pyrrole nitrogens is 2. The Bertz CT molecular complexity index is 2660. The lowest BCUT2D eigenvalue weighted by molar-refractivity contribution is -0.149. The molecule has 17 N–H and O–H groups in total. The first-order valence-corrected chi connectivity index (χ1v) is 26.5. The van der Waals surface area contributed by atoms with Crippen LogP contribution in [0.4, 0.5) is 0 Å². The number of aliphatic imine (C=N–C) groups is 2. The summed E-state index contributed by atoms with van der Waals surface area (Å²) in [6.45, 7) is 1.35. The summed E-state index contributed by atoms with van der Waals surface area (Å²) >= 11 is 0. The third kappa shape index (κ3) is 17.7. The van der Waals surface area contributed by atoms with Gasteiger partial charge in [0.15, 0.2) is 11.9 Å². The first-order valence-electron chi connectivity index (χ1n) is 24.0. The molecule has 0 unspecified atom stereocenters. The molecule has 3 heterocycles. The van der Waals surface area contributed by atoms with Crippen LogP contribution >= 0.6 is 21.6 Å². The van der Waals surface area contributed by atoms with Gasteiger partial charge in [0, 0.05) is 93.9 Å². The van der Waals surface area contributed by atoms with Crippen LogP contribution in [0.2, 0.25) is 0 Å². The highest BCUT2D eigenvalue weighted by Gasteiger charge is 2.39. The summed E-state index contributed by atoms with van der Waals surface area (Å²) in [5.41, 5.74) is 30.7. The van der Waals surface area contributed by atoms with Gasteiger partial charge in [0.1, 0.15) is 42.3 Å². The number of aromatic nitrogens is 3. The van der Waals surface area contributed by atoms with Crippen molar-refractivity contribution < 1.29 is 38.4 Å². The van der Waals surface area contributed by atoms with Crippen LogP contribution in [-0.4, -0.2) is 165 Å². The fourth-order valence-corrected chi connectivity index (χ4v) is 10.6. The standard InChI is InChI=1S/C48H67N17O8S2/c1-27(66)59-37-25-75-74-24-36(40(49)67)63-41(68)33(15-9-17-55-47(50)51)60-44(71)39(20-29-22-57-32-14-8-7-13-31(29)32)65(3)46(73)38(16-10-18-56-48(52)53)64(2)45(72)35(19-28-11-5-4-6-12-28)62-42(69)34(61-43(37)70)21-30-23-54-26-58-30/h4-8,11-14,22-23,26,33-39,57H,9-10,15-21,24-25H2,1-3H3,(H2,49,67)(H,54,58)(H,59,66)(H,60,71)(H,61,70)(H,62,69)(H,63,68)(H4,50,51,55)(H4,52,53,56)/t33-,34-,35-,36-,37-,38-,39-/m0/s1. The molecule has 75 heavy (non-hydrogen) atoms. The Labute approximate surface area is 441 Å². The molecule has 7 atom stereocenters. The number of carbonyl (C=O) groups is 8. The summed E-state index contributed by atoms with van der Waals surface area (Å²) in [5.74, 6) is -6.53. The molecule has 1 aliphatic heterocycles. The van der Waals surface area contributed by atoms with Crippen molar-refractivity contribution in [3.63, 3.8) is 0 Å². The van der Waals surface area contributed by atoms with Gasteiger partial charge in [0.25, 0.3) is 0 Å². The van der Waals surface area contributed by atoms with E-state index < -0.39 is 89.6 Å². The van der Waals surface area contributed by atoms with Crippen LogP contribution in [0.3, 0.4) is 0 Å². The maximum atomic E-state index is 15.3. The number of carbonyl (C=O) groups excluding carboxylic acids is 8. The Morgan fingerprint density at radius 1 is 0.680 bits per heavy atom. The van der Waals surface area contributed by atoms with Crippen molar-refractivity contribution in [2.45, 2.75) is 94.2 Å². The number of hydrogen-bond acceptors (Lipinski definition) is 13. The summed E-state index contributed by atoms with van der Waals surface area (Å²) in [6, 6.07) is 7.02. The number of nitrogens with one attached hydrogen (secondary N) is 7. The average Bonchev–Trinajstić information content (AvgIpc) is 4.05. The number of amides is 8. The number of imidazole rings is 1. The van der Waals surface area contributed by atoms with Gasteiger partial charge in [-0.3, -0.25) is 48.3 Å². The van der Waals surface area contributed by atoms with Crippen LogP contribution in [0.15, 0.2) is 83.3 Å². The van der Waals surface area contributed by atoms with Gasteiger partial charge < -0.3 is 75.0 Å². The molecular weight excluding hydrogens is 1010 g/mol. The fraction of sp³-hybridized carbons (Fsp3) is 0.438. The SMILES string of the molecule is CC(=O)N[C@H]1CSSC[C@@H](C(N)=O)NC(=O)[C@H](CCCN=C(N)N)NC(=O)[C@H](Cc2c[nH]c3ccccc23)N(C)C(=O)[C@H](CCCN=C(N)N)N(C)C(=O)[C@H](Cc2ccccc2)NC(=O)[C@H](Cc2cnc[nH]2)NC1=O. The van der Waals surface area contributed by atoms with Crippen molar-refractivity contribution in [1.29, 1.82) is 0 Å². The molecule has 0 radical (unpaired) electrons. The molecule has 0 spiro atoms. The van der Waals surface area contributed by atoms with Crippen molar-refractivity contribution in [3.05, 3.63) is 90.1 Å². The number of para-hydroxylation sites is 1. The molecule has 1 aliphatic rings. The van der Waals surface area contributed by atoms with E-state index in [1.165, 1.54) is 43.3 Å². The predicted octanol–water partition coefficient (Wildman–Crippen LogP) is -2.00. The molecule has 0 aliphatic carbocycles. The summed E-state index contributed by atoms with van der Waals surface area (Å²) in [6.07, 6.45) is 4.61. The Balaban J connectivity index is 1.64. The molecule has 0 bridgehead atoms. The van der Waals surface area contributed by atoms with Gasteiger partial charge in [-0.1, -0.05) is 70.1 Å². The van der Waals surface area contributed by atoms with E-state index in [0.29, 0.717) is 16.8 Å². The van der Waals surface area contributed by atoms with Gasteiger partial charge >= 0.3 is 0 Å². The molecule has 2 aromatic carbocycles. The zero-order chi connectivity index (χ0) is 54.6. The number of likely N-dealkylation sites (N-methyl/N-ethyl adjacent to an activating group) is 2. The summed E-state index contributed by atoms with van der Waals surface area (Å²) in [5, 5.41) is 14.4. The maximum absolute atomic E-state index is 15.3. The largest absolute Gasteiger partial charge is 0.370 e. The number of nitrogens with zero attached hydrogens (tertiary/aromatic N) is 5. The number of fused-ring (bicyclic) bond motifs is 1. The second-order valence-electron chi connectivity index (χ2n) is 17.8. The minimum Gasteiger partial charge on any atom is -0.370 e. The molecule has 25 nitrogen and oxygen atoms in total. The third-order valence-corrected chi connectivity index (χ3v) is 14.7. The van der Waals surface area contributed by atoms with Crippen molar-refractivity contribution in [3.8, 4) is 0 Å². The van der Waals surface area contributed by atoms with E-state index in [4.69, 9.17) is 28.7 Å². The summed E-state index contributed by atoms with van der Waals surface area (Å²) in [7, 11) is 4.96. The molecule has 0 saturated carbocycles. The summed E-state index contributed by atoms with van der Waals surface area (Å²) < 4.78 is 0. The highest BCUT2D eigenvalue weighted by atomic mass is 33.1. The van der Waals surface area contributed by atoms with Crippen LogP contribution in [0.5, 0.6) is 0 Å². The Morgan fingerprint density at radius 2 is 1.29 bits per heavy atom.